The van der Waals surface area contributed by atoms with Gasteiger partial charge in [-0.3, -0.25) is 4.68 Å². The van der Waals surface area contributed by atoms with E-state index in [-0.39, 0.29) is 6.04 Å². The number of hydrogen-bond donors (Lipinski definition) is 1. The number of ether oxygens (including phenoxy) is 1. The van der Waals surface area contributed by atoms with Gasteiger partial charge in [-0.05, 0) is 19.1 Å². The lowest BCUT2D eigenvalue weighted by molar-refractivity contribution is 0.388. The van der Waals surface area contributed by atoms with Crippen LogP contribution in [-0.2, 0) is 13.6 Å². The predicted octanol–water partition coefficient (Wildman–Crippen LogP) is 1.67. The first-order chi connectivity index (χ1) is 8.72. The molecule has 18 heavy (non-hydrogen) atoms. The fourth-order valence-electron chi connectivity index (χ4n) is 1.92. The Labute approximate surface area is 107 Å². The van der Waals surface area contributed by atoms with E-state index in [2.05, 4.69) is 22.3 Å². The summed E-state index contributed by atoms with van der Waals surface area (Å²) in [6.45, 7) is 2.82. The maximum absolute atomic E-state index is 5.22. The van der Waals surface area contributed by atoms with Crippen LogP contribution in [-0.4, -0.2) is 21.9 Å². The Morgan fingerprint density at radius 3 is 2.89 bits per heavy atom. The van der Waals surface area contributed by atoms with Crippen LogP contribution in [0.3, 0.4) is 0 Å². The highest BCUT2D eigenvalue weighted by molar-refractivity contribution is 5.25. The second kappa shape index (κ2) is 5.64. The van der Waals surface area contributed by atoms with Gasteiger partial charge in [0.05, 0.1) is 12.8 Å². The smallest absolute Gasteiger partial charge is 0.217 e. The second-order valence-corrected chi connectivity index (χ2v) is 4.15. The Morgan fingerprint density at radius 1 is 1.39 bits per heavy atom. The third kappa shape index (κ3) is 2.68. The van der Waals surface area contributed by atoms with Gasteiger partial charge in [-0.15, -0.1) is 0 Å². The highest BCUT2D eigenvalue weighted by atomic mass is 16.5. The van der Waals surface area contributed by atoms with Gasteiger partial charge in [0.15, 0.2) is 0 Å². The summed E-state index contributed by atoms with van der Waals surface area (Å²) in [5.74, 6) is 0.669. The quantitative estimate of drug-likeness (QED) is 0.872. The zero-order chi connectivity index (χ0) is 13.0. The molecule has 0 fully saturated rings. The average Bonchev–Trinajstić information content (AvgIpc) is 2.82. The average molecular weight is 246 g/mol. The third-order valence-corrected chi connectivity index (χ3v) is 2.94. The largest absolute Gasteiger partial charge is 0.481 e. The Bertz CT molecular complexity index is 509. The summed E-state index contributed by atoms with van der Waals surface area (Å²) in [4.78, 5) is 4.18. The van der Waals surface area contributed by atoms with Crippen LogP contribution in [0.4, 0.5) is 0 Å². The molecule has 0 bridgehead atoms. The highest BCUT2D eigenvalue weighted by Gasteiger charge is 2.10. The van der Waals surface area contributed by atoms with E-state index in [0.29, 0.717) is 12.4 Å². The van der Waals surface area contributed by atoms with E-state index in [1.165, 1.54) is 0 Å². The molecule has 2 rings (SSSR count). The van der Waals surface area contributed by atoms with Gasteiger partial charge in [-0.1, -0.05) is 6.07 Å². The second-order valence-electron chi connectivity index (χ2n) is 4.15. The van der Waals surface area contributed by atoms with Crippen molar-refractivity contribution < 1.29 is 4.74 Å². The summed E-state index contributed by atoms with van der Waals surface area (Å²) in [5, 5.41) is 7.60. The molecule has 5 nitrogen and oxygen atoms in total. The fourth-order valence-corrected chi connectivity index (χ4v) is 1.92. The van der Waals surface area contributed by atoms with Gasteiger partial charge in [0, 0.05) is 37.6 Å². The Balaban J connectivity index is 2.01. The van der Waals surface area contributed by atoms with Crippen molar-refractivity contribution in [2.75, 3.05) is 7.11 Å². The molecule has 0 aliphatic heterocycles. The molecule has 2 heterocycles. The van der Waals surface area contributed by atoms with Gasteiger partial charge in [0.2, 0.25) is 5.88 Å². The van der Waals surface area contributed by atoms with Crippen molar-refractivity contribution in [1.82, 2.24) is 20.1 Å². The van der Waals surface area contributed by atoms with Crippen LogP contribution >= 0.6 is 0 Å². The first-order valence-electron chi connectivity index (χ1n) is 5.91. The molecule has 96 valence electrons. The van der Waals surface area contributed by atoms with Gasteiger partial charge in [-0.25, -0.2) is 4.98 Å². The van der Waals surface area contributed by atoms with Crippen LogP contribution < -0.4 is 10.1 Å². The highest BCUT2D eigenvalue weighted by Crippen LogP contribution is 2.16. The maximum Gasteiger partial charge on any atom is 0.217 e. The zero-order valence-corrected chi connectivity index (χ0v) is 10.9. The first-order valence-corrected chi connectivity index (χ1v) is 5.91. The van der Waals surface area contributed by atoms with Crippen molar-refractivity contribution in [1.29, 1.82) is 0 Å². The zero-order valence-electron chi connectivity index (χ0n) is 10.9. The van der Waals surface area contributed by atoms with E-state index < -0.39 is 0 Å². The molecule has 1 N–H and O–H groups in total. The minimum absolute atomic E-state index is 0.224. The number of nitrogens with zero attached hydrogens (tertiary/aromatic N) is 3. The van der Waals surface area contributed by atoms with Crippen molar-refractivity contribution in [3.8, 4) is 5.88 Å². The van der Waals surface area contributed by atoms with Crippen molar-refractivity contribution in [3.05, 3.63) is 41.9 Å². The molecule has 0 aliphatic rings. The van der Waals surface area contributed by atoms with Crippen LogP contribution in [0.5, 0.6) is 5.88 Å². The van der Waals surface area contributed by atoms with E-state index in [1.54, 1.807) is 19.5 Å². The van der Waals surface area contributed by atoms with E-state index >= 15 is 0 Å². The van der Waals surface area contributed by atoms with Crippen LogP contribution in [0.15, 0.2) is 30.6 Å². The van der Waals surface area contributed by atoms with Gasteiger partial charge in [0.1, 0.15) is 0 Å². The molecule has 2 aromatic rings. The van der Waals surface area contributed by atoms with Crippen molar-refractivity contribution in [2.45, 2.75) is 19.5 Å². The standard InChI is InChI=1S/C13H18N4O/c1-10(12-6-8-16-17(12)2)15-9-11-5-4-7-14-13(11)18-3/h4-8,10,15H,9H2,1-3H3. The molecular weight excluding hydrogens is 228 g/mol. The number of rotatable bonds is 5. The lowest BCUT2D eigenvalue weighted by atomic mass is 10.2. The fraction of sp³-hybridized carbons (Fsp3) is 0.385. The number of hydrogen-bond acceptors (Lipinski definition) is 4. The molecule has 0 aromatic carbocycles. The molecule has 5 heteroatoms. The van der Waals surface area contributed by atoms with E-state index in [1.807, 2.05) is 29.9 Å². The van der Waals surface area contributed by atoms with E-state index in [0.717, 1.165) is 11.3 Å². The Hall–Kier alpha value is -1.88. The summed E-state index contributed by atoms with van der Waals surface area (Å²) in [6.07, 6.45) is 3.53. The summed E-state index contributed by atoms with van der Waals surface area (Å²) >= 11 is 0. The molecule has 1 unspecified atom stereocenters. The minimum Gasteiger partial charge on any atom is -0.481 e. The minimum atomic E-state index is 0.224. The van der Waals surface area contributed by atoms with Crippen molar-refractivity contribution in [2.24, 2.45) is 7.05 Å². The lowest BCUT2D eigenvalue weighted by Crippen LogP contribution is -2.21. The molecule has 0 radical (unpaired) electrons. The number of methoxy groups -OCH3 is 1. The normalized spacial score (nSPS) is 12.4. The van der Waals surface area contributed by atoms with E-state index in [9.17, 15) is 0 Å². The van der Waals surface area contributed by atoms with Gasteiger partial charge in [-0.2, -0.15) is 5.10 Å². The van der Waals surface area contributed by atoms with Crippen LogP contribution in [0.1, 0.15) is 24.2 Å². The number of aryl methyl sites for hydroxylation is 1. The first kappa shape index (κ1) is 12.6. The summed E-state index contributed by atoms with van der Waals surface area (Å²) < 4.78 is 7.10. The molecule has 2 aromatic heterocycles. The summed E-state index contributed by atoms with van der Waals surface area (Å²) in [5.41, 5.74) is 2.20. The van der Waals surface area contributed by atoms with Crippen molar-refractivity contribution >= 4 is 0 Å². The van der Waals surface area contributed by atoms with Crippen LogP contribution in [0, 0.1) is 0 Å². The molecule has 0 aliphatic carbocycles. The topological polar surface area (TPSA) is 52.0 Å². The molecule has 0 spiro atoms. The molecule has 1 atom stereocenters. The molecular formula is C13H18N4O. The summed E-state index contributed by atoms with van der Waals surface area (Å²) in [7, 11) is 3.58. The SMILES string of the molecule is COc1ncccc1CNC(C)c1ccnn1C. The van der Waals surface area contributed by atoms with Gasteiger partial charge in [0.25, 0.3) is 0 Å². The molecule has 0 saturated heterocycles. The Morgan fingerprint density at radius 2 is 2.22 bits per heavy atom. The number of aromatic nitrogens is 3. The number of pyridine rings is 1. The van der Waals surface area contributed by atoms with Crippen molar-refractivity contribution in [3.63, 3.8) is 0 Å². The van der Waals surface area contributed by atoms with Crippen LogP contribution in [0.25, 0.3) is 0 Å². The maximum atomic E-state index is 5.22. The lowest BCUT2D eigenvalue weighted by Gasteiger charge is -2.15. The summed E-state index contributed by atoms with van der Waals surface area (Å²) in [6, 6.07) is 6.16. The predicted molar refractivity (Wildman–Crippen MR) is 69.3 cm³/mol. The number of nitrogens with one attached hydrogen (secondary N) is 1. The monoisotopic (exact) mass is 246 g/mol. The van der Waals surface area contributed by atoms with Gasteiger partial charge >= 0.3 is 0 Å². The van der Waals surface area contributed by atoms with E-state index in [4.69, 9.17) is 4.74 Å². The van der Waals surface area contributed by atoms with Gasteiger partial charge < -0.3 is 10.1 Å². The third-order valence-electron chi connectivity index (χ3n) is 2.94. The molecule has 0 saturated carbocycles. The van der Waals surface area contributed by atoms with Crippen LogP contribution in [0.2, 0.25) is 0 Å². The Kier molecular flexibility index (Phi) is 3.94. The molecule has 0 amide bonds.